The van der Waals surface area contributed by atoms with Crippen LogP contribution in [-0.4, -0.2) is 61.2 Å². The van der Waals surface area contributed by atoms with Crippen molar-refractivity contribution in [3.63, 3.8) is 0 Å². The number of hydrogen-bond acceptors (Lipinski definition) is 9. The molecule has 0 radical (unpaired) electrons. The number of aliphatic imine (C=N–C) groups is 1. The maximum absolute atomic E-state index is 13.7. The molecule has 0 amide bonds. The van der Waals surface area contributed by atoms with E-state index in [1.807, 2.05) is 0 Å². The number of benzene rings is 1. The first-order valence-corrected chi connectivity index (χ1v) is 8.65. The minimum atomic E-state index is -1.27. The topological polar surface area (TPSA) is 139 Å². The molecule has 1 aromatic carbocycles. The number of fused-ring (bicyclic) bond motifs is 1. The van der Waals surface area contributed by atoms with E-state index in [0.29, 0.717) is 17.1 Å². The lowest BCUT2D eigenvalue weighted by molar-refractivity contribution is -0.137. The van der Waals surface area contributed by atoms with Crippen molar-refractivity contribution < 1.29 is 29.3 Å². The first-order chi connectivity index (χ1) is 13.5. The highest BCUT2D eigenvalue weighted by Crippen LogP contribution is 2.37. The average molecular weight is 393 g/mol. The summed E-state index contributed by atoms with van der Waals surface area (Å²) in [5.74, 6) is -0.0626. The van der Waals surface area contributed by atoms with Crippen molar-refractivity contribution >= 4 is 12.2 Å². The van der Waals surface area contributed by atoms with Gasteiger partial charge in [-0.25, -0.2) is 19.4 Å². The molecule has 11 heteroatoms. The predicted octanol–water partition coefficient (Wildman–Crippen LogP) is -0.302. The molecular formula is C17H20FN5O5. The summed E-state index contributed by atoms with van der Waals surface area (Å²) in [6.07, 6.45) is -2.51. The maximum atomic E-state index is 13.7. The summed E-state index contributed by atoms with van der Waals surface area (Å²) >= 11 is 0. The third-order valence-electron chi connectivity index (χ3n) is 4.76. The zero-order valence-electron chi connectivity index (χ0n) is 14.7. The maximum Gasteiger partial charge on any atom is 0.165 e. The summed E-state index contributed by atoms with van der Waals surface area (Å²) in [6, 6.07) is 6.23. The first-order valence-electron chi connectivity index (χ1n) is 8.65. The Hall–Kier alpha value is -2.41. The van der Waals surface area contributed by atoms with Gasteiger partial charge in [0.1, 0.15) is 42.8 Å². The van der Waals surface area contributed by atoms with Gasteiger partial charge in [-0.15, -0.1) is 0 Å². The summed E-state index contributed by atoms with van der Waals surface area (Å²) in [5.41, 5.74) is 6.89. The van der Waals surface area contributed by atoms with Crippen LogP contribution in [0.3, 0.4) is 0 Å². The van der Waals surface area contributed by atoms with E-state index >= 15 is 0 Å². The monoisotopic (exact) mass is 393 g/mol. The number of nitrogens with zero attached hydrogens (tertiary/aromatic N) is 4. The second kappa shape index (κ2) is 7.54. The fourth-order valence-corrected chi connectivity index (χ4v) is 3.18. The summed E-state index contributed by atoms with van der Waals surface area (Å²) in [6.45, 7) is -0.483. The van der Waals surface area contributed by atoms with Gasteiger partial charge in [0.2, 0.25) is 0 Å². The second-order valence-electron chi connectivity index (χ2n) is 6.50. The Morgan fingerprint density at radius 1 is 1.25 bits per heavy atom. The van der Waals surface area contributed by atoms with E-state index in [-0.39, 0.29) is 12.4 Å². The van der Waals surface area contributed by atoms with Crippen LogP contribution in [0.25, 0.3) is 0 Å². The van der Waals surface area contributed by atoms with Crippen LogP contribution in [0, 0.1) is 5.82 Å². The summed E-state index contributed by atoms with van der Waals surface area (Å²) in [7, 11) is 0. The number of hydroxylamine groups is 2. The van der Waals surface area contributed by atoms with Crippen molar-refractivity contribution in [1.82, 2.24) is 14.6 Å². The lowest BCUT2D eigenvalue weighted by Gasteiger charge is -2.28. The van der Waals surface area contributed by atoms with Crippen molar-refractivity contribution in [2.45, 2.75) is 37.3 Å². The van der Waals surface area contributed by atoms with E-state index < -0.39 is 37.3 Å². The molecule has 1 saturated heterocycles. The van der Waals surface area contributed by atoms with E-state index in [4.69, 9.17) is 15.3 Å². The highest BCUT2D eigenvalue weighted by molar-refractivity contribution is 5.64. The van der Waals surface area contributed by atoms with Crippen LogP contribution >= 0.6 is 0 Å². The first kappa shape index (κ1) is 18.9. The van der Waals surface area contributed by atoms with Gasteiger partial charge in [0, 0.05) is 5.56 Å². The Labute approximate surface area is 159 Å². The third kappa shape index (κ3) is 3.17. The van der Waals surface area contributed by atoms with Crippen molar-refractivity contribution in [3.05, 3.63) is 47.7 Å². The summed E-state index contributed by atoms with van der Waals surface area (Å²) in [5, 5.41) is 30.6. The van der Waals surface area contributed by atoms with Crippen LogP contribution in [-0.2, 0) is 16.2 Å². The summed E-state index contributed by atoms with van der Waals surface area (Å²) < 4.78 is 20.7. The Kier molecular flexibility index (Phi) is 5.10. The van der Waals surface area contributed by atoms with Gasteiger partial charge in [0.05, 0.1) is 12.9 Å². The molecule has 2 aromatic rings. The predicted molar refractivity (Wildman–Crippen MR) is 93.3 cm³/mol. The van der Waals surface area contributed by atoms with Gasteiger partial charge in [-0.3, -0.25) is 9.40 Å². The fourth-order valence-electron chi connectivity index (χ4n) is 3.18. The number of ether oxygens (including phenoxy) is 1. The molecule has 5 N–H and O–H groups in total. The Morgan fingerprint density at radius 2 is 2.04 bits per heavy atom. The van der Waals surface area contributed by atoms with Crippen LogP contribution < -0.4 is 5.73 Å². The number of rotatable bonds is 5. The molecule has 10 nitrogen and oxygen atoms in total. The number of halogens is 1. The number of nitrogens with two attached hydrogens (primary N) is 1. The molecule has 0 saturated carbocycles. The molecule has 3 heterocycles. The third-order valence-corrected chi connectivity index (χ3v) is 4.76. The van der Waals surface area contributed by atoms with Crippen LogP contribution in [0.5, 0.6) is 0 Å². The molecule has 28 heavy (non-hydrogen) atoms. The minimum absolute atomic E-state index is 0.0444. The summed E-state index contributed by atoms with van der Waals surface area (Å²) in [4.78, 5) is 14.0. The fraction of sp³-hybridized carbons (Fsp3) is 0.412. The van der Waals surface area contributed by atoms with Crippen LogP contribution in [0.15, 0.2) is 35.6 Å². The smallest absolute Gasteiger partial charge is 0.165 e. The van der Waals surface area contributed by atoms with Crippen molar-refractivity contribution in [3.8, 4) is 0 Å². The highest BCUT2D eigenvalue weighted by atomic mass is 19.1. The van der Waals surface area contributed by atoms with Gasteiger partial charge in [-0.1, -0.05) is 18.2 Å². The largest absolute Gasteiger partial charge is 0.394 e. The number of aliphatic hydroxyl groups is 3. The zero-order chi connectivity index (χ0) is 19.8. The lowest BCUT2D eigenvalue weighted by atomic mass is 10.1. The molecule has 1 aromatic heterocycles. The Morgan fingerprint density at radius 3 is 2.75 bits per heavy atom. The van der Waals surface area contributed by atoms with Crippen LogP contribution in [0.2, 0.25) is 0 Å². The highest BCUT2D eigenvalue weighted by Gasteiger charge is 2.44. The van der Waals surface area contributed by atoms with Gasteiger partial charge in [-0.2, -0.15) is 0 Å². The van der Waals surface area contributed by atoms with E-state index in [1.165, 1.54) is 28.4 Å². The van der Waals surface area contributed by atoms with E-state index in [9.17, 15) is 19.7 Å². The van der Waals surface area contributed by atoms with Crippen molar-refractivity contribution in [2.75, 3.05) is 6.61 Å². The molecule has 0 bridgehead atoms. The lowest BCUT2D eigenvalue weighted by Crippen LogP contribution is -2.36. The number of aromatic nitrogens is 2. The molecule has 3 unspecified atom stereocenters. The minimum Gasteiger partial charge on any atom is -0.394 e. The Balaban J connectivity index is 1.51. The Bertz CT molecular complexity index is 877. The number of aliphatic hydroxyl groups excluding tert-OH is 3. The quantitative estimate of drug-likeness (QED) is 0.543. The number of hydrogen-bond donors (Lipinski definition) is 4. The van der Waals surface area contributed by atoms with Gasteiger partial charge in [-0.05, 0) is 6.07 Å². The van der Waals surface area contributed by atoms with Crippen LogP contribution in [0.1, 0.15) is 23.7 Å². The zero-order valence-corrected chi connectivity index (χ0v) is 14.7. The standard InChI is InChI=1S/C17H20FN5O5/c18-10-4-2-1-3-9(10)6-27-23-8-21-16-12(15(23)19)20-7-22(16)17-14(26)13(25)11(5-24)28-17/h1-4,7-8,11,13-15,17,24-26H,5-6,19H2/t11-,13?,14?,15?,17-/m1/s1. The molecule has 2 aliphatic rings. The molecule has 150 valence electrons. The average Bonchev–Trinajstić information content (AvgIpc) is 3.24. The van der Waals surface area contributed by atoms with E-state index in [2.05, 4.69) is 9.98 Å². The molecule has 5 atom stereocenters. The molecule has 0 spiro atoms. The number of imidazole rings is 1. The molecule has 0 aliphatic carbocycles. The molecule has 4 rings (SSSR count). The van der Waals surface area contributed by atoms with E-state index in [1.54, 1.807) is 18.2 Å². The van der Waals surface area contributed by atoms with Crippen molar-refractivity contribution in [2.24, 2.45) is 10.7 Å². The normalized spacial score (nSPS) is 29.3. The molecule has 2 aliphatic heterocycles. The second-order valence-corrected chi connectivity index (χ2v) is 6.50. The molecular weight excluding hydrogens is 373 g/mol. The van der Waals surface area contributed by atoms with Gasteiger partial charge in [0.25, 0.3) is 0 Å². The van der Waals surface area contributed by atoms with Gasteiger partial charge >= 0.3 is 0 Å². The molecule has 1 fully saturated rings. The van der Waals surface area contributed by atoms with Gasteiger partial charge < -0.3 is 25.8 Å². The SMILES string of the molecule is NC1c2ncn([C@@H]3O[C@H](CO)C(O)C3O)c2N=CN1OCc1ccccc1F. The van der Waals surface area contributed by atoms with E-state index in [0.717, 1.165) is 0 Å². The van der Waals surface area contributed by atoms with Gasteiger partial charge in [0.15, 0.2) is 18.2 Å². The van der Waals surface area contributed by atoms with Crippen molar-refractivity contribution in [1.29, 1.82) is 0 Å². The van der Waals surface area contributed by atoms with Crippen LogP contribution in [0.4, 0.5) is 10.2 Å².